The number of nitrogens with zero attached hydrogens (tertiary/aromatic N) is 1. The van der Waals surface area contributed by atoms with Crippen LogP contribution in [-0.4, -0.2) is 15.1 Å². The number of hydrogen-bond acceptors (Lipinski definition) is 2. The van der Waals surface area contributed by atoms with Crippen molar-refractivity contribution in [1.29, 1.82) is 0 Å². The molecule has 0 aromatic heterocycles. The van der Waals surface area contributed by atoms with E-state index in [1.807, 2.05) is 0 Å². The molecule has 1 aromatic carbocycles. The highest BCUT2D eigenvalue weighted by molar-refractivity contribution is 8.04. The van der Waals surface area contributed by atoms with Gasteiger partial charge in [0.1, 0.15) is 0 Å². The van der Waals surface area contributed by atoms with Crippen molar-refractivity contribution in [3.8, 4) is 0 Å². The molecule has 0 aliphatic rings. The molecule has 17 heavy (non-hydrogen) atoms. The average molecular weight is 325 g/mol. The van der Waals surface area contributed by atoms with E-state index in [9.17, 15) is 9.18 Å². The maximum atomic E-state index is 13.0. The molecular weight excluding hydrogens is 319 g/mol. The SMILES string of the molecule is F.O=C(O)N(SC(F)(Cl)Cl)c1ccccc1Cl. The van der Waals surface area contributed by atoms with E-state index in [1.54, 1.807) is 12.1 Å². The summed E-state index contributed by atoms with van der Waals surface area (Å²) in [6.45, 7) is 0. The van der Waals surface area contributed by atoms with Gasteiger partial charge in [0, 0.05) is 11.9 Å². The molecule has 1 aromatic rings. The van der Waals surface area contributed by atoms with Crippen molar-refractivity contribution in [2.75, 3.05) is 4.31 Å². The van der Waals surface area contributed by atoms with Crippen LogP contribution in [-0.2, 0) is 0 Å². The molecule has 0 aliphatic heterocycles. The van der Waals surface area contributed by atoms with Crippen LogP contribution in [0, 0.1) is 0 Å². The van der Waals surface area contributed by atoms with Gasteiger partial charge in [-0.15, -0.1) is 0 Å². The number of hydrogen-bond donors (Lipinski definition) is 1. The Morgan fingerprint density at radius 3 is 2.35 bits per heavy atom. The number of anilines is 1. The molecule has 96 valence electrons. The van der Waals surface area contributed by atoms with E-state index in [1.165, 1.54) is 12.1 Å². The van der Waals surface area contributed by atoms with Crippen molar-refractivity contribution in [3.63, 3.8) is 0 Å². The van der Waals surface area contributed by atoms with Crippen LogP contribution < -0.4 is 4.31 Å². The van der Waals surface area contributed by atoms with E-state index in [2.05, 4.69) is 0 Å². The third kappa shape index (κ3) is 5.16. The molecule has 0 saturated carbocycles. The fraction of sp³-hybridized carbons (Fsp3) is 0.125. The molecule has 1 amide bonds. The number of carboxylic acid groups (broad SMARTS) is 1. The van der Waals surface area contributed by atoms with E-state index in [-0.39, 0.29) is 27.4 Å². The van der Waals surface area contributed by atoms with Gasteiger partial charge in [0.05, 0.1) is 10.7 Å². The summed E-state index contributed by atoms with van der Waals surface area (Å²) in [6.07, 6.45) is -1.43. The largest absolute Gasteiger partial charge is 0.464 e. The van der Waals surface area contributed by atoms with Gasteiger partial charge < -0.3 is 5.11 Å². The van der Waals surface area contributed by atoms with Crippen LogP contribution in [0.2, 0.25) is 5.02 Å². The van der Waals surface area contributed by atoms with Crippen molar-refractivity contribution < 1.29 is 19.0 Å². The van der Waals surface area contributed by atoms with Gasteiger partial charge >= 0.3 is 10.0 Å². The molecule has 9 heteroatoms. The highest BCUT2D eigenvalue weighted by atomic mass is 35.5. The summed E-state index contributed by atoms with van der Waals surface area (Å²) in [5, 5.41) is 9.03. The zero-order chi connectivity index (χ0) is 12.3. The summed E-state index contributed by atoms with van der Waals surface area (Å²) in [7, 11) is 0. The maximum absolute atomic E-state index is 13.0. The lowest BCUT2D eigenvalue weighted by Gasteiger charge is -2.21. The molecule has 1 rings (SSSR count). The van der Waals surface area contributed by atoms with Gasteiger partial charge in [0.25, 0.3) is 0 Å². The average Bonchev–Trinajstić information content (AvgIpc) is 2.13. The topological polar surface area (TPSA) is 40.5 Å². The molecule has 0 radical (unpaired) electrons. The Kier molecular flexibility index (Phi) is 6.32. The number of halogens is 5. The highest BCUT2D eigenvalue weighted by Gasteiger charge is 2.32. The zero-order valence-electron chi connectivity index (χ0n) is 7.94. The minimum absolute atomic E-state index is 0. The minimum atomic E-state index is -2.75. The number of rotatable bonds is 3. The third-order valence-corrected chi connectivity index (χ3v) is 2.92. The molecule has 0 spiro atoms. The Bertz CT molecular complexity index is 403. The summed E-state index contributed by atoms with van der Waals surface area (Å²) < 4.78 is 10.8. The molecule has 3 nitrogen and oxygen atoms in total. The van der Waals surface area contributed by atoms with Gasteiger partial charge in [-0.1, -0.05) is 46.9 Å². The molecule has 0 bridgehead atoms. The van der Waals surface area contributed by atoms with Crippen LogP contribution in [0.3, 0.4) is 0 Å². The first-order valence-electron chi connectivity index (χ1n) is 3.84. The minimum Gasteiger partial charge on any atom is -0.464 e. The van der Waals surface area contributed by atoms with Crippen LogP contribution >= 0.6 is 46.8 Å². The Labute approximate surface area is 115 Å². The highest BCUT2D eigenvalue weighted by Crippen LogP contribution is 2.42. The van der Waals surface area contributed by atoms with Crippen molar-refractivity contribution in [2.24, 2.45) is 0 Å². The molecule has 0 heterocycles. The number of carbonyl (C=O) groups is 1. The van der Waals surface area contributed by atoms with Crippen LogP contribution in [0.1, 0.15) is 0 Å². The Morgan fingerprint density at radius 1 is 1.41 bits per heavy atom. The number of benzene rings is 1. The molecule has 0 fully saturated rings. The van der Waals surface area contributed by atoms with E-state index in [4.69, 9.17) is 39.9 Å². The molecule has 0 unspecified atom stereocenters. The fourth-order valence-corrected chi connectivity index (χ4v) is 2.14. The zero-order valence-corrected chi connectivity index (χ0v) is 11.0. The molecule has 0 atom stereocenters. The summed E-state index contributed by atoms with van der Waals surface area (Å²) in [5.41, 5.74) is 0.0880. The van der Waals surface area contributed by atoms with Crippen LogP contribution in [0.4, 0.5) is 19.6 Å². The second kappa shape index (κ2) is 6.49. The fourth-order valence-electron chi connectivity index (χ4n) is 0.911. The smallest absolute Gasteiger partial charge is 0.422 e. The van der Waals surface area contributed by atoms with Gasteiger partial charge in [0.15, 0.2) is 0 Å². The maximum Gasteiger partial charge on any atom is 0.422 e. The van der Waals surface area contributed by atoms with Crippen LogP contribution in [0.5, 0.6) is 0 Å². The summed E-state index contributed by atoms with van der Waals surface area (Å²) >= 11 is 16.0. The summed E-state index contributed by atoms with van der Waals surface area (Å²) in [5.74, 6) is 0. The first kappa shape index (κ1) is 16.6. The van der Waals surface area contributed by atoms with Crippen LogP contribution in [0.25, 0.3) is 0 Å². The van der Waals surface area contributed by atoms with E-state index in [0.717, 1.165) is 0 Å². The van der Waals surface area contributed by atoms with Gasteiger partial charge in [-0.05, 0) is 12.1 Å². The lowest BCUT2D eigenvalue weighted by molar-refractivity contribution is 0.206. The van der Waals surface area contributed by atoms with Crippen molar-refractivity contribution in [1.82, 2.24) is 0 Å². The second-order valence-corrected chi connectivity index (χ2v) is 5.77. The lowest BCUT2D eigenvalue weighted by atomic mass is 10.3. The van der Waals surface area contributed by atoms with Gasteiger partial charge in [-0.2, -0.15) is 4.39 Å². The number of alkyl halides is 3. The first-order chi connectivity index (χ1) is 7.31. The summed E-state index contributed by atoms with van der Waals surface area (Å²) in [4.78, 5) is 10.9. The second-order valence-electron chi connectivity index (χ2n) is 2.57. The van der Waals surface area contributed by atoms with Crippen molar-refractivity contribution >= 4 is 58.5 Å². The third-order valence-electron chi connectivity index (χ3n) is 1.44. The molecule has 1 N–H and O–H groups in total. The number of amides is 1. The monoisotopic (exact) mass is 323 g/mol. The Balaban J connectivity index is 0.00000256. The van der Waals surface area contributed by atoms with Crippen molar-refractivity contribution in [2.45, 2.75) is 3.92 Å². The quantitative estimate of drug-likeness (QED) is 0.648. The van der Waals surface area contributed by atoms with Gasteiger partial charge in [0.2, 0.25) is 0 Å². The Morgan fingerprint density at radius 2 is 1.94 bits per heavy atom. The van der Waals surface area contributed by atoms with E-state index >= 15 is 0 Å². The predicted octanol–water partition coefficient (Wildman–Crippen LogP) is 4.68. The Hall–Kier alpha value is -0.430. The van der Waals surface area contributed by atoms with Crippen LogP contribution in [0.15, 0.2) is 24.3 Å². The normalized spacial score (nSPS) is 10.6. The lowest BCUT2D eigenvalue weighted by Crippen LogP contribution is -2.25. The molecule has 0 aliphatic carbocycles. The summed E-state index contributed by atoms with van der Waals surface area (Å²) in [6, 6.07) is 6.04. The standard InChI is InChI=1S/C8H5Cl3FNO2S.FH/c9-5-3-1-2-4-6(5)13(7(14)15)16-8(10,11)12;/h1-4H,(H,14,15);1H. The van der Waals surface area contributed by atoms with Gasteiger partial charge in [-0.3, -0.25) is 4.70 Å². The van der Waals surface area contributed by atoms with E-state index in [0.29, 0.717) is 4.31 Å². The molecule has 0 saturated heterocycles. The van der Waals surface area contributed by atoms with Crippen molar-refractivity contribution in [3.05, 3.63) is 29.3 Å². The van der Waals surface area contributed by atoms with Gasteiger partial charge in [-0.25, -0.2) is 9.10 Å². The van der Waals surface area contributed by atoms with E-state index < -0.39 is 10.0 Å². The molecular formula is C8H6Cl3F2NO2S. The predicted molar refractivity (Wildman–Crippen MR) is 67.6 cm³/mol. The first-order valence-corrected chi connectivity index (χ1v) is 5.75. The number of para-hydroxylation sites is 1.